The third-order valence-electron chi connectivity index (χ3n) is 5.82. The zero-order chi connectivity index (χ0) is 27.3. The Morgan fingerprint density at radius 1 is 0.946 bits per heavy atom. The topological polar surface area (TPSA) is 86.8 Å². The summed E-state index contributed by atoms with van der Waals surface area (Å²) in [5.41, 5.74) is 1.40. The molecule has 0 spiro atoms. The number of amides is 2. The van der Waals surface area contributed by atoms with E-state index < -0.39 is 34.4 Å². The second-order valence-corrected chi connectivity index (χ2v) is 11.4. The van der Waals surface area contributed by atoms with Gasteiger partial charge in [0.1, 0.15) is 12.6 Å². The summed E-state index contributed by atoms with van der Waals surface area (Å²) in [5.74, 6) is -1.03. The first-order chi connectivity index (χ1) is 17.4. The van der Waals surface area contributed by atoms with Crippen LogP contribution in [0.4, 0.5) is 5.69 Å². The van der Waals surface area contributed by atoms with Crippen molar-refractivity contribution in [2.24, 2.45) is 0 Å². The molecular weight excluding hydrogens is 557 g/mol. The van der Waals surface area contributed by atoms with Gasteiger partial charge in [0.15, 0.2) is 0 Å². The number of rotatable bonds is 9. The predicted octanol–water partition coefficient (Wildman–Crippen LogP) is 5.31. The molecule has 0 saturated carbocycles. The first kappa shape index (κ1) is 28.8. The molecule has 2 amide bonds. The fourth-order valence-electron chi connectivity index (χ4n) is 3.71. The average Bonchev–Trinajstić information content (AvgIpc) is 2.87. The number of carbonyl (C=O) groups is 2. The lowest BCUT2D eigenvalue weighted by Crippen LogP contribution is -2.50. The number of aryl methyl sites for hydroxylation is 1. The van der Waals surface area contributed by atoms with Crippen molar-refractivity contribution in [2.75, 3.05) is 17.9 Å². The Morgan fingerprint density at radius 2 is 1.57 bits per heavy atom. The molecule has 0 aliphatic carbocycles. The zero-order valence-corrected chi connectivity index (χ0v) is 23.5. The lowest BCUT2D eigenvalue weighted by Gasteiger charge is -2.32. The largest absolute Gasteiger partial charge is 0.357 e. The summed E-state index contributed by atoms with van der Waals surface area (Å²) in [7, 11) is -2.72. The van der Waals surface area contributed by atoms with Crippen LogP contribution in [0.2, 0.25) is 15.1 Å². The van der Waals surface area contributed by atoms with Crippen molar-refractivity contribution < 1.29 is 18.0 Å². The van der Waals surface area contributed by atoms with Crippen molar-refractivity contribution in [2.45, 2.75) is 31.3 Å². The third-order valence-corrected chi connectivity index (χ3v) is 8.42. The molecule has 0 fully saturated rings. The summed E-state index contributed by atoms with van der Waals surface area (Å²) in [4.78, 5) is 27.6. The van der Waals surface area contributed by atoms with E-state index in [2.05, 4.69) is 5.32 Å². The lowest BCUT2D eigenvalue weighted by atomic mass is 10.1. The summed E-state index contributed by atoms with van der Waals surface area (Å²) in [6.45, 7) is 2.66. The van der Waals surface area contributed by atoms with Gasteiger partial charge in [-0.25, -0.2) is 8.42 Å². The first-order valence-corrected chi connectivity index (χ1v) is 13.8. The quantitative estimate of drug-likeness (QED) is 0.370. The smallest absolute Gasteiger partial charge is 0.264 e. The molecule has 0 unspecified atom stereocenters. The normalized spacial score (nSPS) is 12.1. The number of hydrogen-bond donors (Lipinski definition) is 1. The number of nitrogens with zero attached hydrogens (tertiary/aromatic N) is 2. The van der Waals surface area contributed by atoms with E-state index in [9.17, 15) is 18.0 Å². The van der Waals surface area contributed by atoms with E-state index in [1.165, 1.54) is 36.2 Å². The molecule has 0 heterocycles. The van der Waals surface area contributed by atoms with Gasteiger partial charge in [0.25, 0.3) is 10.0 Å². The summed E-state index contributed by atoms with van der Waals surface area (Å²) in [6.07, 6.45) is 0. The highest BCUT2D eigenvalue weighted by Crippen LogP contribution is 2.30. The van der Waals surface area contributed by atoms with E-state index in [4.69, 9.17) is 34.8 Å². The minimum absolute atomic E-state index is 0.00817. The van der Waals surface area contributed by atoms with E-state index in [1.807, 2.05) is 0 Å². The molecule has 3 rings (SSSR count). The molecule has 0 aromatic heterocycles. The first-order valence-electron chi connectivity index (χ1n) is 11.2. The molecule has 1 N–H and O–H groups in total. The van der Waals surface area contributed by atoms with Crippen LogP contribution in [0.5, 0.6) is 0 Å². The highest BCUT2D eigenvalue weighted by molar-refractivity contribution is 7.92. The van der Waals surface area contributed by atoms with Gasteiger partial charge in [0.2, 0.25) is 11.8 Å². The minimum atomic E-state index is -4.18. The summed E-state index contributed by atoms with van der Waals surface area (Å²) >= 11 is 18.6. The monoisotopic (exact) mass is 581 g/mol. The molecule has 3 aromatic carbocycles. The van der Waals surface area contributed by atoms with Crippen LogP contribution in [0.3, 0.4) is 0 Å². The number of benzene rings is 3. The number of halogens is 3. The van der Waals surface area contributed by atoms with Crippen molar-refractivity contribution in [3.8, 4) is 0 Å². The van der Waals surface area contributed by atoms with Crippen LogP contribution in [-0.2, 0) is 26.2 Å². The van der Waals surface area contributed by atoms with Gasteiger partial charge in [-0.1, -0.05) is 65.1 Å². The molecule has 1 atom stereocenters. The van der Waals surface area contributed by atoms with Crippen molar-refractivity contribution in [3.63, 3.8) is 0 Å². The summed E-state index contributed by atoms with van der Waals surface area (Å²) in [6, 6.07) is 16.5. The van der Waals surface area contributed by atoms with Crippen LogP contribution in [-0.4, -0.2) is 44.8 Å². The number of carbonyl (C=O) groups excluding carboxylic acids is 2. The molecule has 196 valence electrons. The molecule has 0 saturated heterocycles. The number of hydrogen-bond acceptors (Lipinski definition) is 4. The molecule has 3 aromatic rings. The van der Waals surface area contributed by atoms with Crippen LogP contribution in [0, 0.1) is 6.92 Å². The van der Waals surface area contributed by atoms with Gasteiger partial charge in [-0.2, -0.15) is 0 Å². The number of sulfonamides is 1. The van der Waals surface area contributed by atoms with Crippen molar-refractivity contribution >= 4 is 62.3 Å². The van der Waals surface area contributed by atoms with Crippen molar-refractivity contribution in [1.82, 2.24) is 10.2 Å². The van der Waals surface area contributed by atoms with E-state index in [1.54, 1.807) is 56.3 Å². The average molecular weight is 583 g/mol. The summed E-state index contributed by atoms with van der Waals surface area (Å²) in [5, 5.41) is 3.57. The maximum atomic E-state index is 13.8. The molecule has 0 aliphatic rings. The maximum Gasteiger partial charge on any atom is 0.264 e. The van der Waals surface area contributed by atoms with Crippen LogP contribution < -0.4 is 9.62 Å². The second-order valence-electron chi connectivity index (χ2n) is 8.30. The molecule has 7 nitrogen and oxygen atoms in total. The Hall–Kier alpha value is -2.78. The number of nitrogens with one attached hydrogen (secondary N) is 1. The maximum absolute atomic E-state index is 13.8. The Morgan fingerprint density at radius 3 is 2.19 bits per heavy atom. The molecule has 37 heavy (non-hydrogen) atoms. The van der Waals surface area contributed by atoms with Crippen molar-refractivity contribution in [1.29, 1.82) is 0 Å². The van der Waals surface area contributed by atoms with Crippen LogP contribution in [0.25, 0.3) is 0 Å². The van der Waals surface area contributed by atoms with Gasteiger partial charge < -0.3 is 10.2 Å². The van der Waals surface area contributed by atoms with E-state index >= 15 is 0 Å². The van der Waals surface area contributed by atoms with Gasteiger partial charge >= 0.3 is 0 Å². The molecule has 0 radical (unpaired) electrons. The fraction of sp³-hybridized carbons (Fsp3) is 0.231. The van der Waals surface area contributed by atoms with Gasteiger partial charge in [-0.3, -0.25) is 13.9 Å². The van der Waals surface area contributed by atoms with Gasteiger partial charge in [-0.05, 0) is 61.4 Å². The van der Waals surface area contributed by atoms with Crippen LogP contribution >= 0.6 is 34.8 Å². The SMILES string of the molecule is CNC(=O)[C@H](C)N(Cc1ccc(Cl)cc1Cl)C(=O)CN(c1cc(Cl)ccc1C)S(=O)(=O)c1ccccc1. The fourth-order valence-corrected chi connectivity index (χ4v) is 5.84. The lowest BCUT2D eigenvalue weighted by molar-refractivity contribution is -0.139. The van der Waals surface area contributed by atoms with Gasteiger partial charge in [0.05, 0.1) is 10.6 Å². The van der Waals surface area contributed by atoms with Gasteiger partial charge in [-0.15, -0.1) is 0 Å². The molecular formula is C26H26Cl3N3O4S. The zero-order valence-electron chi connectivity index (χ0n) is 20.4. The van der Waals surface area contributed by atoms with Gasteiger partial charge in [0, 0.05) is 28.7 Å². The Balaban J connectivity index is 2.08. The van der Waals surface area contributed by atoms with Crippen molar-refractivity contribution in [3.05, 3.63) is 92.9 Å². The highest BCUT2D eigenvalue weighted by Gasteiger charge is 2.33. The number of likely N-dealkylation sites (N-methyl/N-ethyl adjacent to an activating group) is 1. The molecule has 11 heteroatoms. The van der Waals surface area contributed by atoms with Crippen LogP contribution in [0.1, 0.15) is 18.1 Å². The van der Waals surface area contributed by atoms with E-state index in [0.29, 0.717) is 26.2 Å². The minimum Gasteiger partial charge on any atom is -0.357 e. The Labute approximate surface area is 232 Å². The number of anilines is 1. The highest BCUT2D eigenvalue weighted by atomic mass is 35.5. The van der Waals surface area contributed by atoms with E-state index in [-0.39, 0.29) is 17.1 Å². The Bertz CT molecular complexity index is 1400. The van der Waals surface area contributed by atoms with E-state index in [0.717, 1.165) is 4.31 Å². The third kappa shape index (κ3) is 6.76. The van der Waals surface area contributed by atoms with Crippen LogP contribution in [0.15, 0.2) is 71.6 Å². The second kappa shape index (κ2) is 12.2. The predicted molar refractivity (Wildman–Crippen MR) is 148 cm³/mol. The standard InChI is InChI=1S/C26H26Cl3N3O4S/c1-17-9-11-21(28)14-24(17)32(37(35,36)22-7-5-4-6-8-22)16-25(33)31(18(2)26(34)30-3)15-19-10-12-20(27)13-23(19)29/h4-14,18H,15-16H2,1-3H3,(H,30,34)/t18-/m0/s1. The molecule has 0 bridgehead atoms. The Kier molecular flexibility index (Phi) is 9.47. The summed E-state index contributed by atoms with van der Waals surface area (Å²) < 4.78 is 28.5. The molecule has 0 aliphatic heterocycles.